The SMILES string of the molecule is CCNC(=NCC(C)Oc1cccc(C)c1)NCCS(=O)Cc1ccccc1.I. The monoisotopic (exact) mass is 529 g/mol. The Kier molecular flexibility index (Phi) is 12.6. The zero-order chi connectivity index (χ0) is 20.2. The number of guanidine groups is 1. The number of nitrogens with one attached hydrogen (secondary N) is 2. The van der Waals surface area contributed by atoms with E-state index in [1.165, 1.54) is 5.56 Å². The molecule has 0 radical (unpaired) electrons. The Hall–Kier alpha value is -1.61. The zero-order valence-electron chi connectivity index (χ0n) is 17.4. The molecule has 2 aromatic rings. The maximum atomic E-state index is 12.2. The summed E-state index contributed by atoms with van der Waals surface area (Å²) >= 11 is 0. The predicted molar refractivity (Wildman–Crippen MR) is 134 cm³/mol. The molecule has 2 unspecified atom stereocenters. The van der Waals surface area contributed by atoms with Crippen molar-refractivity contribution < 1.29 is 8.95 Å². The smallest absolute Gasteiger partial charge is 0.191 e. The summed E-state index contributed by atoms with van der Waals surface area (Å²) in [7, 11) is -0.903. The Balaban J connectivity index is 0.00000420. The number of ether oxygens (including phenoxy) is 1. The molecular weight excluding hydrogens is 497 g/mol. The maximum absolute atomic E-state index is 12.2. The summed E-state index contributed by atoms with van der Waals surface area (Å²) in [5, 5.41) is 6.47. The molecule has 0 bridgehead atoms. The van der Waals surface area contributed by atoms with Crippen molar-refractivity contribution in [2.24, 2.45) is 4.99 Å². The van der Waals surface area contributed by atoms with Crippen LogP contribution < -0.4 is 15.4 Å². The minimum absolute atomic E-state index is 0. The number of rotatable bonds is 10. The van der Waals surface area contributed by atoms with E-state index in [-0.39, 0.29) is 30.1 Å². The summed E-state index contributed by atoms with van der Waals surface area (Å²) in [5.74, 6) is 2.74. The minimum Gasteiger partial charge on any atom is -0.489 e. The second-order valence-corrected chi connectivity index (χ2v) is 8.24. The summed E-state index contributed by atoms with van der Waals surface area (Å²) in [6.07, 6.45) is -0.0375. The number of benzene rings is 2. The molecule has 2 aromatic carbocycles. The lowest BCUT2D eigenvalue weighted by molar-refractivity contribution is 0.230. The average molecular weight is 529 g/mol. The molecule has 29 heavy (non-hydrogen) atoms. The standard InChI is InChI=1S/C22H31N3O2S.HI/c1-4-23-22(24-13-14-28(26)17-20-10-6-5-7-11-20)25-16-19(3)27-21-12-8-9-18(2)15-21;/h5-12,15,19H,4,13-14,16-17H2,1-3H3,(H2,23,24,25);1H. The molecule has 5 nitrogen and oxygen atoms in total. The molecule has 0 amide bonds. The van der Waals surface area contributed by atoms with Crippen molar-refractivity contribution in [2.45, 2.75) is 32.6 Å². The van der Waals surface area contributed by atoms with Crippen molar-refractivity contribution in [1.82, 2.24) is 10.6 Å². The van der Waals surface area contributed by atoms with E-state index in [0.29, 0.717) is 24.6 Å². The molecule has 160 valence electrons. The Morgan fingerprint density at radius 2 is 1.90 bits per heavy atom. The number of aliphatic imine (C=N–C) groups is 1. The molecule has 2 rings (SSSR count). The van der Waals surface area contributed by atoms with Gasteiger partial charge in [-0.3, -0.25) is 4.21 Å². The van der Waals surface area contributed by atoms with Crippen LogP contribution in [-0.2, 0) is 16.6 Å². The molecule has 7 heteroatoms. The average Bonchev–Trinajstić information content (AvgIpc) is 2.67. The lowest BCUT2D eigenvalue weighted by Gasteiger charge is -2.15. The van der Waals surface area contributed by atoms with E-state index < -0.39 is 10.8 Å². The molecule has 0 aliphatic carbocycles. The van der Waals surface area contributed by atoms with Crippen LogP contribution in [0.2, 0.25) is 0 Å². The van der Waals surface area contributed by atoms with Gasteiger partial charge in [0.05, 0.1) is 6.54 Å². The topological polar surface area (TPSA) is 62.7 Å². The van der Waals surface area contributed by atoms with Crippen LogP contribution in [0.15, 0.2) is 59.6 Å². The lowest BCUT2D eigenvalue weighted by atomic mass is 10.2. The van der Waals surface area contributed by atoms with Crippen LogP contribution in [0.4, 0.5) is 0 Å². The molecule has 0 heterocycles. The first kappa shape index (κ1) is 25.4. The fourth-order valence-corrected chi connectivity index (χ4v) is 3.67. The van der Waals surface area contributed by atoms with Crippen molar-refractivity contribution in [3.63, 3.8) is 0 Å². The van der Waals surface area contributed by atoms with E-state index in [0.717, 1.165) is 23.8 Å². The molecule has 0 saturated carbocycles. The van der Waals surface area contributed by atoms with Gasteiger partial charge in [-0.2, -0.15) is 0 Å². The van der Waals surface area contributed by atoms with E-state index in [9.17, 15) is 4.21 Å². The van der Waals surface area contributed by atoms with Gasteiger partial charge < -0.3 is 15.4 Å². The van der Waals surface area contributed by atoms with E-state index >= 15 is 0 Å². The zero-order valence-corrected chi connectivity index (χ0v) is 20.5. The van der Waals surface area contributed by atoms with Gasteiger partial charge in [-0.05, 0) is 44.0 Å². The van der Waals surface area contributed by atoms with Crippen molar-refractivity contribution in [3.8, 4) is 5.75 Å². The van der Waals surface area contributed by atoms with Gasteiger partial charge in [-0.1, -0.05) is 42.5 Å². The molecule has 0 fully saturated rings. The van der Waals surface area contributed by atoms with Crippen LogP contribution in [0.3, 0.4) is 0 Å². The third kappa shape index (κ3) is 10.7. The summed E-state index contributed by atoms with van der Waals surface area (Å²) in [4.78, 5) is 4.58. The third-order valence-corrected chi connectivity index (χ3v) is 5.28. The van der Waals surface area contributed by atoms with Crippen LogP contribution in [0.5, 0.6) is 5.75 Å². The Morgan fingerprint density at radius 1 is 1.14 bits per heavy atom. The highest BCUT2D eigenvalue weighted by Crippen LogP contribution is 2.14. The van der Waals surface area contributed by atoms with Gasteiger partial charge >= 0.3 is 0 Å². The van der Waals surface area contributed by atoms with Crippen molar-refractivity contribution in [2.75, 3.05) is 25.4 Å². The first-order valence-electron chi connectivity index (χ1n) is 9.71. The third-order valence-electron chi connectivity index (χ3n) is 3.97. The van der Waals surface area contributed by atoms with E-state index in [4.69, 9.17) is 4.74 Å². The van der Waals surface area contributed by atoms with Gasteiger partial charge in [0.25, 0.3) is 0 Å². The summed E-state index contributed by atoms with van der Waals surface area (Å²) in [6.45, 7) is 7.99. The first-order chi connectivity index (χ1) is 13.6. The highest BCUT2D eigenvalue weighted by molar-refractivity contribution is 14.0. The van der Waals surface area contributed by atoms with Gasteiger partial charge in [0, 0.05) is 35.4 Å². The number of hydrogen-bond acceptors (Lipinski definition) is 3. The normalized spacial score (nSPS) is 13.1. The molecule has 0 aromatic heterocycles. The van der Waals surface area contributed by atoms with Crippen LogP contribution in [0.1, 0.15) is 25.0 Å². The Labute approximate surface area is 194 Å². The van der Waals surface area contributed by atoms with Crippen molar-refractivity contribution in [1.29, 1.82) is 0 Å². The quantitative estimate of drug-likeness (QED) is 0.279. The van der Waals surface area contributed by atoms with Gasteiger partial charge in [-0.25, -0.2) is 4.99 Å². The summed E-state index contributed by atoms with van der Waals surface area (Å²) in [5.41, 5.74) is 2.27. The Bertz CT molecular complexity index is 772. The highest BCUT2D eigenvalue weighted by Gasteiger charge is 2.06. The van der Waals surface area contributed by atoms with Crippen LogP contribution in [0.25, 0.3) is 0 Å². The van der Waals surface area contributed by atoms with Gasteiger partial charge in [0.2, 0.25) is 0 Å². The fraction of sp³-hybridized carbons (Fsp3) is 0.409. The van der Waals surface area contributed by atoms with Crippen molar-refractivity contribution in [3.05, 3.63) is 65.7 Å². The molecule has 0 spiro atoms. The number of aryl methyl sites for hydroxylation is 1. The van der Waals surface area contributed by atoms with E-state index in [1.54, 1.807) is 0 Å². The summed E-state index contributed by atoms with van der Waals surface area (Å²) in [6, 6.07) is 17.9. The largest absolute Gasteiger partial charge is 0.489 e. The molecule has 0 aliphatic heterocycles. The van der Waals surface area contributed by atoms with Crippen LogP contribution in [0, 0.1) is 6.92 Å². The molecule has 0 saturated heterocycles. The molecule has 2 N–H and O–H groups in total. The molecular formula is C22H32IN3O2S. The number of hydrogen-bond donors (Lipinski definition) is 2. The van der Waals surface area contributed by atoms with Gasteiger partial charge in [0.1, 0.15) is 11.9 Å². The van der Waals surface area contributed by atoms with Gasteiger partial charge in [0.15, 0.2) is 5.96 Å². The molecule has 0 aliphatic rings. The number of halogens is 1. The number of nitrogens with zero attached hydrogens (tertiary/aromatic N) is 1. The fourth-order valence-electron chi connectivity index (χ4n) is 2.64. The lowest BCUT2D eigenvalue weighted by Crippen LogP contribution is -2.39. The van der Waals surface area contributed by atoms with E-state index in [2.05, 4.69) is 15.6 Å². The highest BCUT2D eigenvalue weighted by atomic mass is 127. The van der Waals surface area contributed by atoms with Crippen LogP contribution in [-0.4, -0.2) is 41.7 Å². The summed E-state index contributed by atoms with van der Waals surface area (Å²) < 4.78 is 18.2. The van der Waals surface area contributed by atoms with Gasteiger partial charge in [-0.15, -0.1) is 24.0 Å². The molecule has 2 atom stereocenters. The Morgan fingerprint density at radius 3 is 2.59 bits per heavy atom. The van der Waals surface area contributed by atoms with E-state index in [1.807, 2.05) is 75.4 Å². The second kappa shape index (κ2) is 14.4. The van der Waals surface area contributed by atoms with Crippen LogP contribution >= 0.6 is 24.0 Å². The predicted octanol–water partition coefficient (Wildman–Crippen LogP) is 3.88. The maximum Gasteiger partial charge on any atom is 0.191 e. The minimum atomic E-state index is -0.903. The first-order valence-corrected chi connectivity index (χ1v) is 11.2. The second-order valence-electron chi connectivity index (χ2n) is 6.67. The van der Waals surface area contributed by atoms with Crippen molar-refractivity contribution >= 4 is 40.7 Å².